The summed E-state index contributed by atoms with van der Waals surface area (Å²) in [4.78, 5) is 29.1. The molecule has 0 aromatic heterocycles. The lowest BCUT2D eigenvalue weighted by molar-refractivity contribution is -0.136. The Bertz CT molecular complexity index is 886. The van der Waals surface area contributed by atoms with Gasteiger partial charge in [-0.05, 0) is 49.2 Å². The maximum absolute atomic E-state index is 12.9. The van der Waals surface area contributed by atoms with Crippen LogP contribution in [-0.2, 0) is 4.79 Å². The van der Waals surface area contributed by atoms with Crippen molar-refractivity contribution in [2.45, 2.75) is 17.7 Å². The Hall–Kier alpha value is -2.19. The normalized spacial score (nSPS) is 17.8. The van der Waals surface area contributed by atoms with Crippen molar-refractivity contribution in [1.82, 2.24) is 9.80 Å². The Balaban J connectivity index is 1.32. The van der Waals surface area contributed by atoms with Crippen molar-refractivity contribution >= 4 is 45.3 Å². The Labute approximate surface area is 189 Å². The summed E-state index contributed by atoms with van der Waals surface area (Å²) in [5.74, 6) is 1.63. The predicted octanol–water partition coefficient (Wildman–Crippen LogP) is 4.43. The first-order valence-electron chi connectivity index (χ1n) is 10.00. The highest BCUT2D eigenvalue weighted by Crippen LogP contribution is 2.44. The van der Waals surface area contributed by atoms with Crippen molar-refractivity contribution in [1.29, 1.82) is 0 Å². The van der Waals surface area contributed by atoms with Crippen molar-refractivity contribution in [3.05, 3.63) is 59.1 Å². The van der Waals surface area contributed by atoms with Gasteiger partial charge in [0.2, 0.25) is 0 Å². The minimum absolute atomic E-state index is 0.0108. The first-order valence-corrected chi connectivity index (χ1v) is 11.8. The van der Waals surface area contributed by atoms with E-state index in [0.717, 1.165) is 35.3 Å². The van der Waals surface area contributed by atoms with E-state index in [1.165, 1.54) is 0 Å². The molecule has 1 N–H and O–H groups in total. The zero-order chi connectivity index (χ0) is 21.0. The number of halogens is 1. The molecule has 0 radical (unpaired) electrons. The van der Waals surface area contributed by atoms with Gasteiger partial charge in [0.25, 0.3) is 5.91 Å². The number of para-hydroxylation sites is 1. The molecule has 0 atom stereocenters. The van der Waals surface area contributed by atoms with Gasteiger partial charge in [-0.1, -0.05) is 34.1 Å². The molecule has 2 saturated heterocycles. The van der Waals surface area contributed by atoms with Gasteiger partial charge in [-0.15, -0.1) is 11.8 Å². The van der Waals surface area contributed by atoms with Gasteiger partial charge in [-0.25, -0.2) is 4.79 Å². The van der Waals surface area contributed by atoms with E-state index >= 15 is 0 Å². The van der Waals surface area contributed by atoms with E-state index in [1.54, 1.807) is 0 Å². The SMILES string of the molecule is O=C(Nc1ccc(Br)cc1)N1CCC2(CC1)SCCN2C(=O)COc1ccccc1. The fraction of sp³-hybridized carbons (Fsp3) is 0.364. The van der Waals surface area contributed by atoms with Crippen LogP contribution in [0, 0.1) is 0 Å². The number of ether oxygens (including phenoxy) is 1. The second kappa shape index (κ2) is 9.31. The molecule has 2 heterocycles. The van der Waals surface area contributed by atoms with Gasteiger partial charge < -0.3 is 19.9 Å². The first kappa shape index (κ1) is 21.1. The molecule has 0 aliphatic carbocycles. The molecule has 2 fully saturated rings. The molecule has 4 rings (SSSR count). The Morgan fingerprint density at radius 1 is 1.03 bits per heavy atom. The van der Waals surface area contributed by atoms with Crippen LogP contribution in [-0.4, -0.2) is 58.6 Å². The second-order valence-corrected chi connectivity index (χ2v) is 9.74. The molecule has 2 aromatic rings. The quantitative estimate of drug-likeness (QED) is 0.689. The van der Waals surface area contributed by atoms with Crippen molar-refractivity contribution in [2.24, 2.45) is 0 Å². The molecular weight excluding hydrogens is 466 g/mol. The summed E-state index contributed by atoms with van der Waals surface area (Å²) >= 11 is 5.23. The van der Waals surface area contributed by atoms with Gasteiger partial charge >= 0.3 is 6.03 Å². The maximum atomic E-state index is 12.9. The van der Waals surface area contributed by atoms with Gasteiger partial charge in [-0.2, -0.15) is 0 Å². The number of carbonyl (C=O) groups excluding carboxylic acids is 2. The van der Waals surface area contributed by atoms with Crippen LogP contribution in [0.3, 0.4) is 0 Å². The van der Waals surface area contributed by atoms with Gasteiger partial charge in [0.05, 0.1) is 4.87 Å². The number of nitrogens with zero attached hydrogens (tertiary/aromatic N) is 2. The van der Waals surface area contributed by atoms with Crippen LogP contribution >= 0.6 is 27.7 Å². The van der Waals surface area contributed by atoms with E-state index < -0.39 is 0 Å². The van der Waals surface area contributed by atoms with Crippen molar-refractivity contribution in [2.75, 3.05) is 37.3 Å². The lowest BCUT2D eigenvalue weighted by atomic mass is 10.0. The standard InChI is InChI=1S/C22H24BrN3O3S/c23-17-6-8-18(9-7-17)24-21(28)25-12-10-22(11-13-25)26(14-15-30-22)20(27)16-29-19-4-2-1-3-5-19/h1-9H,10-16H2,(H,24,28). The van der Waals surface area contributed by atoms with Crippen molar-refractivity contribution in [3.63, 3.8) is 0 Å². The molecule has 158 valence electrons. The molecule has 30 heavy (non-hydrogen) atoms. The van der Waals surface area contributed by atoms with Gasteiger partial charge in [-0.3, -0.25) is 4.79 Å². The number of nitrogens with one attached hydrogen (secondary N) is 1. The fourth-order valence-electron chi connectivity index (χ4n) is 3.91. The average molecular weight is 490 g/mol. The van der Waals surface area contributed by atoms with E-state index in [9.17, 15) is 9.59 Å². The summed E-state index contributed by atoms with van der Waals surface area (Å²) in [6, 6.07) is 16.8. The van der Waals surface area contributed by atoms with Gasteiger partial charge in [0.1, 0.15) is 5.75 Å². The third kappa shape index (κ3) is 4.75. The minimum atomic E-state index is -0.231. The number of urea groups is 1. The molecule has 3 amide bonds. The summed E-state index contributed by atoms with van der Waals surface area (Å²) < 4.78 is 6.64. The van der Waals surface area contributed by atoms with Crippen LogP contribution < -0.4 is 10.1 Å². The Kier molecular flexibility index (Phi) is 6.53. The summed E-state index contributed by atoms with van der Waals surface area (Å²) in [6.07, 6.45) is 1.53. The maximum Gasteiger partial charge on any atom is 0.321 e. The van der Waals surface area contributed by atoms with Crippen molar-refractivity contribution < 1.29 is 14.3 Å². The number of rotatable bonds is 4. The highest BCUT2D eigenvalue weighted by Gasteiger charge is 2.46. The van der Waals surface area contributed by atoms with Gasteiger partial charge in [0.15, 0.2) is 6.61 Å². The van der Waals surface area contributed by atoms with Crippen LogP contribution in [0.2, 0.25) is 0 Å². The van der Waals surface area contributed by atoms with Crippen LogP contribution in [0.25, 0.3) is 0 Å². The molecule has 2 aromatic carbocycles. The molecule has 0 bridgehead atoms. The summed E-state index contributed by atoms with van der Waals surface area (Å²) in [7, 11) is 0. The van der Waals surface area contributed by atoms with Crippen LogP contribution in [0.15, 0.2) is 59.1 Å². The number of hydrogen-bond donors (Lipinski definition) is 1. The smallest absolute Gasteiger partial charge is 0.321 e. The highest BCUT2D eigenvalue weighted by atomic mass is 79.9. The van der Waals surface area contributed by atoms with E-state index in [0.29, 0.717) is 18.8 Å². The number of piperidine rings is 1. The monoisotopic (exact) mass is 489 g/mol. The molecule has 1 spiro atoms. The first-order chi connectivity index (χ1) is 14.6. The third-order valence-electron chi connectivity index (χ3n) is 5.51. The van der Waals surface area contributed by atoms with E-state index in [2.05, 4.69) is 21.2 Å². The summed E-state index contributed by atoms with van der Waals surface area (Å²) in [5.41, 5.74) is 0.772. The van der Waals surface area contributed by atoms with E-state index in [1.807, 2.05) is 76.2 Å². The molecule has 2 aliphatic heterocycles. The largest absolute Gasteiger partial charge is 0.484 e. The number of anilines is 1. The number of amides is 3. The summed E-state index contributed by atoms with van der Waals surface area (Å²) in [6.45, 7) is 2.02. The van der Waals surface area contributed by atoms with Crippen LogP contribution in [0.5, 0.6) is 5.75 Å². The highest BCUT2D eigenvalue weighted by molar-refractivity contribution is 9.10. The number of carbonyl (C=O) groups is 2. The van der Waals surface area contributed by atoms with Crippen LogP contribution in [0.4, 0.5) is 10.5 Å². The summed E-state index contributed by atoms with van der Waals surface area (Å²) in [5, 5.41) is 2.95. The number of hydrogen-bond acceptors (Lipinski definition) is 4. The topological polar surface area (TPSA) is 61.9 Å². The number of thioether (sulfide) groups is 1. The van der Waals surface area contributed by atoms with Gasteiger partial charge in [0, 0.05) is 35.5 Å². The minimum Gasteiger partial charge on any atom is -0.484 e. The van der Waals surface area contributed by atoms with Crippen LogP contribution in [0.1, 0.15) is 12.8 Å². The molecule has 6 nitrogen and oxygen atoms in total. The number of benzene rings is 2. The molecule has 8 heteroatoms. The fourth-order valence-corrected chi connectivity index (χ4v) is 5.65. The Morgan fingerprint density at radius 3 is 2.43 bits per heavy atom. The third-order valence-corrected chi connectivity index (χ3v) is 7.59. The molecule has 0 saturated carbocycles. The second-order valence-electron chi connectivity index (χ2n) is 7.37. The van der Waals surface area contributed by atoms with E-state index in [4.69, 9.17) is 4.74 Å². The molecule has 2 aliphatic rings. The lowest BCUT2D eigenvalue weighted by Crippen LogP contribution is -2.55. The number of likely N-dealkylation sites (tertiary alicyclic amines) is 1. The predicted molar refractivity (Wildman–Crippen MR) is 123 cm³/mol. The molecular formula is C22H24BrN3O3S. The van der Waals surface area contributed by atoms with Crippen molar-refractivity contribution in [3.8, 4) is 5.75 Å². The van der Waals surface area contributed by atoms with E-state index in [-0.39, 0.29) is 23.4 Å². The zero-order valence-electron chi connectivity index (χ0n) is 16.6. The Morgan fingerprint density at radius 2 is 1.73 bits per heavy atom. The lowest BCUT2D eigenvalue weighted by Gasteiger charge is -2.43. The molecule has 0 unspecified atom stereocenters. The average Bonchev–Trinajstić information content (AvgIpc) is 3.18. The zero-order valence-corrected chi connectivity index (χ0v) is 19.0.